The van der Waals surface area contributed by atoms with Gasteiger partial charge in [0.1, 0.15) is 11.5 Å². The number of ether oxygens (including phenoxy) is 4. The van der Waals surface area contributed by atoms with E-state index >= 15 is 0 Å². The summed E-state index contributed by atoms with van der Waals surface area (Å²) in [5.74, 6) is 1.88. The number of rotatable bonds is 9. The third-order valence-corrected chi connectivity index (χ3v) is 4.50. The molecule has 29 heavy (non-hydrogen) atoms. The van der Waals surface area contributed by atoms with Crippen molar-refractivity contribution in [1.29, 1.82) is 0 Å². The van der Waals surface area contributed by atoms with Crippen molar-refractivity contribution in [2.75, 3.05) is 46.9 Å². The Labute approximate surface area is 176 Å². The van der Waals surface area contributed by atoms with Gasteiger partial charge in [0, 0.05) is 31.3 Å². The van der Waals surface area contributed by atoms with E-state index in [4.69, 9.17) is 30.5 Å². The second-order valence-electron chi connectivity index (χ2n) is 6.28. The Bertz CT molecular complexity index is 908. The molecule has 0 amide bonds. The highest BCUT2D eigenvalue weighted by molar-refractivity contribution is 6.47. The third kappa shape index (κ3) is 5.15. The fourth-order valence-electron chi connectivity index (χ4n) is 2.82. The average molecular weight is 420 g/mol. The summed E-state index contributed by atoms with van der Waals surface area (Å²) >= 11 is 6.38. The van der Waals surface area contributed by atoms with Crippen LogP contribution in [0.1, 0.15) is 22.8 Å². The minimum absolute atomic E-state index is 0.0347. The van der Waals surface area contributed by atoms with Crippen LogP contribution in [0, 0.1) is 0 Å². The Morgan fingerprint density at radius 1 is 1.03 bits per heavy atom. The number of allylic oxidation sites excluding steroid dienone is 1. The second-order valence-corrected chi connectivity index (χ2v) is 6.69. The molecular weight excluding hydrogens is 394 g/mol. The summed E-state index contributed by atoms with van der Waals surface area (Å²) < 4.78 is 21.7. The summed E-state index contributed by atoms with van der Waals surface area (Å²) in [6.45, 7) is 2.44. The van der Waals surface area contributed by atoms with E-state index in [-0.39, 0.29) is 10.8 Å². The third-order valence-electron chi connectivity index (χ3n) is 4.22. The zero-order valence-corrected chi connectivity index (χ0v) is 18.3. The van der Waals surface area contributed by atoms with Crippen LogP contribution in [0.5, 0.6) is 23.0 Å². The van der Waals surface area contributed by atoms with Gasteiger partial charge in [-0.1, -0.05) is 11.6 Å². The predicted molar refractivity (Wildman–Crippen MR) is 116 cm³/mol. The van der Waals surface area contributed by atoms with E-state index < -0.39 is 0 Å². The molecule has 0 radical (unpaired) electrons. The van der Waals surface area contributed by atoms with Gasteiger partial charge >= 0.3 is 0 Å². The van der Waals surface area contributed by atoms with Gasteiger partial charge in [-0.2, -0.15) is 0 Å². The highest BCUT2D eigenvalue weighted by atomic mass is 35.5. The fraction of sp³-hybridized carbons (Fsp3) is 0.318. The lowest BCUT2D eigenvalue weighted by atomic mass is 10.1. The first-order chi connectivity index (χ1) is 13.9. The first kappa shape index (κ1) is 22.4. The second kappa shape index (κ2) is 10.1. The molecule has 2 aromatic carbocycles. The van der Waals surface area contributed by atoms with Gasteiger partial charge in [0.05, 0.1) is 38.7 Å². The van der Waals surface area contributed by atoms with Crippen LogP contribution in [0.2, 0.25) is 0 Å². The molecule has 0 spiro atoms. The summed E-state index contributed by atoms with van der Waals surface area (Å²) in [6, 6.07) is 8.64. The Morgan fingerprint density at radius 3 is 2.31 bits per heavy atom. The van der Waals surface area contributed by atoms with Crippen LogP contribution < -0.4 is 23.8 Å². The van der Waals surface area contributed by atoms with Crippen molar-refractivity contribution in [2.45, 2.75) is 6.92 Å². The van der Waals surface area contributed by atoms with Crippen LogP contribution in [0.15, 0.2) is 35.4 Å². The molecule has 156 valence electrons. The zero-order chi connectivity index (χ0) is 21.6. The SMILES string of the molecule is CCOc1ccc(C(=O)C(Cl)=Cc2cc(OC)cc(OC)c2OC)cc1N(C)C. The smallest absolute Gasteiger partial charge is 0.204 e. The zero-order valence-electron chi connectivity index (χ0n) is 17.5. The minimum Gasteiger partial charge on any atom is -0.497 e. The lowest BCUT2D eigenvalue weighted by Crippen LogP contribution is -2.12. The summed E-state index contributed by atoms with van der Waals surface area (Å²) in [6.07, 6.45) is 1.54. The van der Waals surface area contributed by atoms with E-state index in [9.17, 15) is 4.79 Å². The van der Waals surface area contributed by atoms with E-state index in [1.807, 2.05) is 25.9 Å². The molecule has 0 aliphatic heterocycles. The number of carbonyl (C=O) groups is 1. The van der Waals surface area contributed by atoms with E-state index in [0.29, 0.717) is 40.7 Å². The van der Waals surface area contributed by atoms with Crippen LogP contribution in [0.3, 0.4) is 0 Å². The summed E-state index contributed by atoms with van der Waals surface area (Å²) in [4.78, 5) is 14.8. The van der Waals surface area contributed by atoms with Crippen molar-refractivity contribution in [3.05, 3.63) is 46.5 Å². The highest BCUT2D eigenvalue weighted by Crippen LogP contribution is 2.37. The summed E-state index contributed by atoms with van der Waals surface area (Å²) in [5.41, 5.74) is 1.82. The van der Waals surface area contributed by atoms with Gasteiger partial charge in [-0.15, -0.1) is 0 Å². The molecule has 0 unspecified atom stereocenters. The molecule has 0 aliphatic carbocycles. The van der Waals surface area contributed by atoms with Gasteiger partial charge in [-0.3, -0.25) is 4.79 Å². The van der Waals surface area contributed by atoms with Gasteiger partial charge < -0.3 is 23.8 Å². The molecule has 0 fully saturated rings. The highest BCUT2D eigenvalue weighted by Gasteiger charge is 2.17. The number of hydrogen-bond acceptors (Lipinski definition) is 6. The van der Waals surface area contributed by atoms with Crippen molar-refractivity contribution in [3.63, 3.8) is 0 Å². The number of Topliss-reactive ketones (excluding diaryl/α,β-unsaturated/α-hetero) is 1. The van der Waals surface area contributed by atoms with Crippen LogP contribution in [0.25, 0.3) is 6.08 Å². The molecule has 2 rings (SSSR count). The summed E-state index contributed by atoms with van der Waals surface area (Å²) in [7, 11) is 8.37. The molecular formula is C22H26ClNO5. The largest absolute Gasteiger partial charge is 0.497 e. The van der Waals surface area contributed by atoms with Crippen molar-refractivity contribution in [2.24, 2.45) is 0 Å². The first-order valence-corrected chi connectivity index (χ1v) is 9.40. The van der Waals surface area contributed by atoms with E-state index in [0.717, 1.165) is 5.69 Å². The van der Waals surface area contributed by atoms with Crippen LogP contribution in [-0.4, -0.2) is 47.8 Å². The van der Waals surface area contributed by atoms with E-state index in [2.05, 4.69) is 0 Å². The van der Waals surface area contributed by atoms with Gasteiger partial charge in [-0.05, 0) is 37.3 Å². The number of anilines is 1. The minimum atomic E-state index is -0.318. The molecule has 0 saturated carbocycles. The van der Waals surface area contributed by atoms with Crippen molar-refractivity contribution < 1.29 is 23.7 Å². The summed E-state index contributed by atoms with van der Waals surface area (Å²) in [5, 5.41) is 0.0347. The maximum atomic E-state index is 12.9. The molecule has 7 heteroatoms. The number of carbonyl (C=O) groups excluding carboxylic acids is 1. The number of halogens is 1. The molecule has 0 aromatic heterocycles. The normalized spacial score (nSPS) is 11.1. The molecule has 0 saturated heterocycles. The Balaban J connectivity index is 2.47. The predicted octanol–water partition coefficient (Wildman–Crippen LogP) is 4.64. The molecule has 0 aliphatic rings. The van der Waals surface area contributed by atoms with E-state index in [1.54, 1.807) is 43.5 Å². The van der Waals surface area contributed by atoms with Gasteiger partial charge in [0.25, 0.3) is 0 Å². The number of nitrogens with zero attached hydrogens (tertiary/aromatic N) is 1. The first-order valence-electron chi connectivity index (χ1n) is 9.02. The molecule has 0 heterocycles. The van der Waals surface area contributed by atoms with Crippen LogP contribution in [-0.2, 0) is 0 Å². The Morgan fingerprint density at radius 2 is 1.76 bits per heavy atom. The Kier molecular flexibility index (Phi) is 7.79. The average Bonchev–Trinajstić information content (AvgIpc) is 2.72. The number of benzene rings is 2. The molecule has 2 aromatic rings. The van der Waals surface area contributed by atoms with Crippen molar-refractivity contribution in [3.8, 4) is 23.0 Å². The van der Waals surface area contributed by atoms with Gasteiger partial charge in [-0.25, -0.2) is 0 Å². The maximum absolute atomic E-state index is 12.9. The fourth-order valence-corrected chi connectivity index (χ4v) is 3.04. The van der Waals surface area contributed by atoms with E-state index in [1.165, 1.54) is 14.2 Å². The lowest BCUT2D eigenvalue weighted by molar-refractivity contribution is 0.104. The van der Waals surface area contributed by atoms with Crippen LogP contribution >= 0.6 is 11.6 Å². The van der Waals surface area contributed by atoms with Crippen molar-refractivity contribution >= 4 is 29.1 Å². The number of hydrogen-bond donors (Lipinski definition) is 0. The lowest BCUT2D eigenvalue weighted by Gasteiger charge is -2.18. The topological polar surface area (TPSA) is 57.2 Å². The molecule has 6 nitrogen and oxygen atoms in total. The number of methoxy groups -OCH3 is 3. The maximum Gasteiger partial charge on any atom is 0.204 e. The standard InChI is InChI=1S/C22H26ClNO5/c1-7-29-19-9-8-14(12-18(19)24(2)3)21(25)17(23)11-15-10-16(26-4)13-20(27-5)22(15)28-6/h8-13H,7H2,1-6H3. The van der Waals surface area contributed by atoms with Crippen molar-refractivity contribution in [1.82, 2.24) is 0 Å². The van der Waals surface area contributed by atoms with Gasteiger partial charge in [0.15, 0.2) is 11.5 Å². The van der Waals surface area contributed by atoms with Gasteiger partial charge in [0.2, 0.25) is 5.78 Å². The molecule has 0 atom stereocenters. The Hall–Kier alpha value is -2.86. The molecule has 0 bridgehead atoms. The monoisotopic (exact) mass is 419 g/mol. The number of ketones is 1. The van der Waals surface area contributed by atoms with Crippen LogP contribution in [0.4, 0.5) is 5.69 Å². The quantitative estimate of drug-likeness (QED) is 0.436. The molecule has 0 N–H and O–H groups in total.